The number of phenolic OH excluding ortho intramolecular Hbond substituents is 1. The zero-order valence-electron chi connectivity index (χ0n) is 7.26. The van der Waals surface area contributed by atoms with E-state index in [1.807, 2.05) is 0 Å². The Bertz CT molecular complexity index is 344. The van der Waals surface area contributed by atoms with Gasteiger partial charge in [-0.05, 0) is 18.2 Å². The Morgan fingerprint density at radius 3 is 2.86 bits per heavy atom. The number of hydrogen-bond acceptors (Lipinski definition) is 2. The van der Waals surface area contributed by atoms with Crippen LogP contribution < -0.4 is 5.32 Å². The predicted molar refractivity (Wildman–Crippen MR) is 64.3 cm³/mol. The lowest BCUT2D eigenvalue weighted by molar-refractivity contribution is 0.0956. The number of carbonyl (C=O) groups excluding carboxylic acids is 1. The summed E-state index contributed by atoms with van der Waals surface area (Å²) in [6.45, 7) is 0.623. The molecule has 0 radical (unpaired) electrons. The van der Waals surface area contributed by atoms with Gasteiger partial charge < -0.3 is 10.4 Å². The molecule has 1 aromatic carbocycles. The molecular weight excluding hydrogens is 316 g/mol. The second-order valence-corrected chi connectivity index (χ2v) is 4.10. The van der Waals surface area contributed by atoms with Crippen molar-refractivity contribution in [3.63, 3.8) is 0 Å². The molecule has 0 aliphatic carbocycles. The first-order chi connectivity index (χ1) is 6.65. The summed E-state index contributed by atoms with van der Waals surface area (Å²) < 4.78 is 0.856. The number of halogens is 2. The number of nitrogens with one attached hydrogen (secondary N) is 1. The maximum atomic E-state index is 11.4. The minimum Gasteiger partial charge on any atom is -0.506 e. The molecule has 0 aliphatic heterocycles. The van der Waals surface area contributed by atoms with Gasteiger partial charge in [-0.25, -0.2) is 0 Å². The molecule has 0 bridgehead atoms. The fraction of sp³-hybridized carbons (Fsp3) is 0.222. The third-order valence-corrected chi connectivity index (χ3v) is 2.43. The molecule has 14 heavy (non-hydrogen) atoms. The minimum atomic E-state index is -0.177. The first-order valence-electron chi connectivity index (χ1n) is 3.98. The van der Waals surface area contributed by atoms with Crippen LogP contribution in [0.2, 0.25) is 5.02 Å². The lowest BCUT2D eigenvalue weighted by Crippen LogP contribution is -2.24. The molecule has 0 spiro atoms. The largest absolute Gasteiger partial charge is 0.506 e. The summed E-state index contributed by atoms with van der Waals surface area (Å²) in [7, 11) is 0. The van der Waals surface area contributed by atoms with Crippen molar-refractivity contribution in [3.8, 4) is 5.75 Å². The van der Waals surface area contributed by atoms with Crippen molar-refractivity contribution in [1.82, 2.24) is 5.32 Å². The number of alkyl halides is 1. The zero-order valence-corrected chi connectivity index (χ0v) is 10.2. The van der Waals surface area contributed by atoms with Crippen LogP contribution in [0.1, 0.15) is 10.4 Å². The lowest BCUT2D eigenvalue weighted by atomic mass is 10.2. The van der Waals surface area contributed by atoms with Crippen molar-refractivity contribution in [2.45, 2.75) is 0 Å². The monoisotopic (exact) mass is 325 g/mol. The number of rotatable bonds is 3. The van der Waals surface area contributed by atoms with Gasteiger partial charge in [0, 0.05) is 16.5 Å². The van der Waals surface area contributed by atoms with Crippen LogP contribution in [0.15, 0.2) is 18.2 Å². The molecule has 0 fully saturated rings. The average Bonchev–Trinajstić information content (AvgIpc) is 2.18. The molecule has 0 aliphatic rings. The van der Waals surface area contributed by atoms with Crippen LogP contribution in [0.25, 0.3) is 0 Å². The second kappa shape index (κ2) is 5.41. The van der Waals surface area contributed by atoms with Gasteiger partial charge in [-0.3, -0.25) is 4.79 Å². The number of benzene rings is 1. The summed E-state index contributed by atoms with van der Waals surface area (Å²) in [5.41, 5.74) is 0.456. The van der Waals surface area contributed by atoms with Crippen LogP contribution in [0, 0.1) is 0 Å². The van der Waals surface area contributed by atoms with E-state index < -0.39 is 0 Å². The molecule has 76 valence electrons. The maximum absolute atomic E-state index is 11.4. The maximum Gasteiger partial charge on any atom is 0.251 e. The molecule has 0 unspecified atom stereocenters. The predicted octanol–water partition coefficient (Wildman–Crippen LogP) is 2.21. The van der Waals surface area contributed by atoms with E-state index in [9.17, 15) is 4.79 Å². The van der Waals surface area contributed by atoms with Crippen molar-refractivity contribution in [2.75, 3.05) is 11.0 Å². The molecule has 0 aromatic heterocycles. The van der Waals surface area contributed by atoms with E-state index in [1.54, 1.807) is 0 Å². The van der Waals surface area contributed by atoms with Gasteiger partial charge >= 0.3 is 0 Å². The van der Waals surface area contributed by atoms with Crippen LogP contribution in [0.3, 0.4) is 0 Å². The number of carbonyl (C=O) groups is 1. The van der Waals surface area contributed by atoms with Crippen LogP contribution in [0.5, 0.6) is 5.75 Å². The highest BCUT2D eigenvalue weighted by Gasteiger charge is 2.06. The molecule has 0 heterocycles. The summed E-state index contributed by atoms with van der Waals surface area (Å²) in [6, 6.07) is 4.38. The Morgan fingerprint density at radius 2 is 2.29 bits per heavy atom. The van der Waals surface area contributed by atoms with Gasteiger partial charge in [0.05, 0.1) is 5.02 Å². The van der Waals surface area contributed by atoms with Crippen LogP contribution in [0.4, 0.5) is 0 Å². The number of phenols is 1. The Labute approximate surface area is 101 Å². The molecular formula is C9H9ClINO2. The minimum absolute atomic E-state index is 0.0166. The zero-order chi connectivity index (χ0) is 10.6. The fourth-order valence-corrected chi connectivity index (χ4v) is 1.36. The van der Waals surface area contributed by atoms with E-state index in [-0.39, 0.29) is 16.7 Å². The summed E-state index contributed by atoms with van der Waals surface area (Å²) in [6.07, 6.45) is 0. The highest BCUT2D eigenvalue weighted by atomic mass is 127. The summed E-state index contributed by atoms with van der Waals surface area (Å²) in [5.74, 6) is -0.194. The van der Waals surface area contributed by atoms with E-state index in [4.69, 9.17) is 16.7 Å². The van der Waals surface area contributed by atoms with Crippen molar-refractivity contribution < 1.29 is 9.90 Å². The normalized spacial score (nSPS) is 9.86. The van der Waals surface area contributed by atoms with Crippen molar-refractivity contribution >= 4 is 40.1 Å². The highest BCUT2D eigenvalue weighted by molar-refractivity contribution is 14.1. The van der Waals surface area contributed by atoms with Crippen molar-refractivity contribution in [1.29, 1.82) is 0 Å². The van der Waals surface area contributed by atoms with Gasteiger partial charge in [-0.15, -0.1) is 0 Å². The van der Waals surface area contributed by atoms with Crippen molar-refractivity contribution in [3.05, 3.63) is 28.8 Å². The van der Waals surface area contributed by atoms with Gasteiger partial charge in [-0.2, -0.15) is 0 Å². The Kier molecular flexibility index (Phi) is 4.47. The van der Waals surface area contributed by atoms with E-state index in [0.717, 1.165) is 4.43 Å². The smallest absolute Gasteiger partial charge is 0.251 e. The summed E-state index contributed by atoms with van der Waals surface area (Å²) >= 11 is 7.83. The molecule has 1 aromatic rings. The summed E-state index contributed by atoms with van der Waals surface area (Å²) in [4.78, 5) is 11.4. The van der Waals surface area contributed by atoms with E-state index in [1.165, 1.54) is 18.2 Å². The van der Waals surface area contributed by atoms with Gasteiger partial charge in [0.25, 0.3) is 5.91 Å². The quantitative estimate of drug-likeness (QED) is 0.661. The Hall–Kier alpha value is -0.490. The summed E-state index contributed by atoms with van der Waals surface area (Å²) in [5, 5.41) is 12.0. The first kappa shape index (κ1) is 11.6. The SMILES string of the molecule is O=C(NCCI)c1ccc(O)c(Cl)c1. The molecule has 5 heteroatoms. The second-order valence-electron chi connectivity index (χ2n) is 2.61. The third-order valence-electron chi connectivity index (χ3n) is 1.59. The molecule has 2 N–H and O–H groups in total. The average molecular weight is 326 g/mol. The van der Waals surface area contributed by atoms with E-state index in [2.05, 4.69) is 27.9 Å². The standard InChI is InChI=1S/C9H9ClINO2/c10-7-5-6(1-2-8(7)13)9(14)12-4-3-11/h1-2,5,13H,3-4H2,(H,12,14). The van der Waals surface area contributed by atoms with Crippen LogP contribution >= 0.6 is 34.2 Å². The number of amides is 1. The molecule has 0 saturated carbocycles. The molecule has 1 amide bonds. The van der Waals surface area contributed by atoms with Gasteiger partial charge in [0.15, 0.2) is 0 Å². The van der Waals surface area contributed by atoms with Gasteiger partial charge in [0.1, 0.15) is 5.75 Å². The Morgan fingerprint density at radius 1 is 1.57 bits per heavy atom. The highest BCUT2D eigenvalue weighted by Crippen LogP contribution is 2.23. The number of hydrogen-bond donors (Lipinski definition) is 2. The van der Waals surface area contributed by atoms with Crippen molar-refractivity contribution in [2.24, 2.45) is 0 Å². The number of aromatic hydroxyl groups is 1. The molecule has 3 nitrogen and oxygen atoms in total. The van der Waals surface area contributed by atoms with Crippen LogP contribution in [-0.4, -0.2) is 22.0 Å². The first-order valence-corrected chi connectivity index (χ1v) is 5.88. The van der Waals surface area contributed by atoms with Gasteiger partial charge in [-0.1, -0.05) is 34.2 Å². The topological polar surface area (TPSA) is 49.3 Å². The third kappa shape index (κ3) is 3.02. The van der Waals surface area contributed by atoms with Gasteiger partial charge in [0.2, 0.25) is 0 Å². The molecule has 0 atom stereocenters. The fourth-order valence-electron chi connectivity index (χ4n) is 0.911. The molecule has 1 rings (SSSR count). The lowest BCUT2D eigenvalue weighted by Gasteiger charge is -2.03. The molecule has 0 saturated heterocycles. The Balaban J connectivity index is 2.76. The van der Waals surface area contributed by atoms with Crippen LogP contribution in [-0.2, 0) is 0 Å². The van der Waals surface area contributed by atoms with E-state index >= 15 is 0 Å². The van der Waals surface area contributed by atoms with E-state index in [0.29, 0.717) is 12.1 Å².